The SMILES string of the molecule is O=C(c1cc(-c2cccs2)on1)N1CC=C(c2ccccc2)CC1. The average molecular weight is 336 g/mol. The first kappa shape index (κ1) is 14.9. The molecule has 1 aliphatic heterocycles. The molecule has 1 aliphatic rings. The number of benzene rings is 1. The number of carbonyl (C=O) groups is 1. The molecular weight excluding hydrogens is 320 g/mol. The predicted octanol–water partition coefficient (Wildman–Crippen LogP) is 4.33. The Bertz CT molecular complexity index is 866. The summed E-state index contributed by atoms with van der Waals surface area (Å²) in [4.78, 5) is 15.4. The van der Waals surface area contributed by atoms with E-state index in [4.69, 9.17) is 4.52 Å². The van der Waals surface area contributed by atoms with Crippen LogP contribution in [-0.4, -0.2) is 29.1 Å². The Kier molecular flexibility index (Phi) is 4.01. The molecule has 4 nitrogen and oxygen atoms in total. The lowest BCUT2D eigenvalue weighted by molar-refractivity contribution is 0.0762. The Labute approximate surface area is 144 Å². The van der Waals surface area contributed by atoms with E-state index in [1.165, 1.54) is 11.1 Å². The summed E-state index contributed by atoms with van der Waals surface area (Å²) in [6.07, 6.45) is 2.97. The zero-order valence-electron chi connectivity index (χ0n) is 13.0. The lowest BCUT2D eigenvalue weighted by atomic mass is 9.99. The van der Waals surface area contributed by atoms with Gasteiger partial charge >= 0.3 is 0 Å². The van der Waals surface area contributed by atoms with E-state index in [0.717, 1.165) is 11.3 Å². The number of thiophene rings is 1. The highest BCUT2D eigenvalue weighted by Gasteiger charge is 2.22. The highest BCUT2D eigenvalue weighted by atomic mass is 32.1. The number of hydrogen-bond acceptors (Lipinski definition) is 4. The van der Waals surface area contributed by atoms with Crippen LogP contribution in [0.25, 0.3) is 16.2 Å². The van der Waals surface area contributed by atoms with Crippen molar-refractivity contribution in [2.24, 2.45) is 0 Å². The summed E-state index contributed by atoms with van der Waals surface area (Å²) in [7, 11) is 0. The molecule has 120 valence electrons. The van der Waals surface area contributed by atoms with Crippen molar-refractivity contribution in [2.45, 2.75) is 6.42 Å². The summed E-state index contributed by atoms with van der Waals surface area (Å²) in [5.41, 5.74) is 2.89. The Morgan fingerprint density at radius 2 is 2.04 bits per heavy atom. The molecule has 24 heavy (non-hydrogen) atoms. The van der Waals surface area contributed by atoms with Gasteiger partial charge in [-0.1, -0.05) is 47.6 Å². The number of carbonyl (C=O) groups excluding carboxylic acids is 1. The van der Waals surface area contributed by atoms with Crippen LogP contribution in [0, 0.1) is 0 Å². The van der Waals surface area contributed by atoms with E-state index < -0.39 is 0 Å². The normalized spacial score (nSPS) is 14.5. The van der Waals surface area contributed by atoms with Crippen LogP contribution in [-0.2, 0) is 0 Å². The fraction of sp³-hybridized carbons (Fsp3) is 0.158. The van der Waals surface area contributed by atoms with E-state index in [1.54, 1.807) is 17.4 Å². The lowest BCUT2D eigenvalue weighted by Crippen LogP contribution is -2.34. The molecule has 0 atom stereocenters. The Hall–Kier alpha value is -2.66. The summed E-state index contributed by atoms with van der Waals surface area (Å²) >= 11 is 1.57. The van der Waals surface area contributed by atoms with Crippen molar-refractivity contribution < 1.29 is 9.32 Å². The van der Waals surface area contributed by atoms with E-state index >= 15 is 0 Å². The van der Waals surface area contributed by atoms with E-state index in [1.807, 2.05) is 40.6 Å². The Morgan fingerprint density at radius 1 is 1.17 bits per heavy atom. The second kappa shape index (κ2) is 6.45. The zero-order chi connectivity index (χ0) is 16.4. The van der Waals surface area contributed by atoms with Gasteiger partial charge in [0.1, 0.15) is 0 Å². The molecule has 0 bridgehead atoms. The molecular formula is C19H16N2O2S. The lowest BCUT2D eigenvalue weighted by Gasteiger charge is -2.25. The van der Waals surface area contributed by atoms with Gasteiger partial charge in [0.2, 0.25) is 0 Å². The van der Waals surface area contributed by atoms with Crippen LogP contribution in [0.4, 0.5) is 0 Å². The third-order valence-corrected chi connectivity index (χ3v) is 5.02. The summed E-state index contributed by atoms with van der Waals surface area (Å²) in [5.74, 6) is 0.566. The molecule has 0 radical (unpaired) electrons. The summed E-state index contributed by atoms with van der Waals surface area (Å²) in [5, 5.41) is 5.92. The van der Waals surface area contributed by atoms with E-state index in [2.05, 4.69) is 23.4 Å². The highest BCUT2D eigenvalue weighted by molar-refractivity contribution is 7.13. The smallest absolute Gasteiger partial charge is 0.276 e. The molecule has 4 rings (SSSR count). The Balaban J connectivity index is 1.48. The molecule has 0 spiro atoms. The van der Waals surface area contributed by atoms with Gasteiger partial charge in [0.15, 0.2) is 11.5 Å². The molecule has 3 aromatic rings. The fourth-order valence-corrected chi connectivity index (χ4v) is 3.51. The van der Waals surface area contributed by atoms with Crippen LogP contribution in [0.1, 0.15) is 22.5 Å². The molecule has 1 aromatic carbocycles. The number of hydrogen-bond donors (Lipinski definition) is 0. The second-order valence-electron chi connectivity index (χ2n) is 5.65. The maximum atomic E-state index is 12.6. The quantitative estimate of drug-likeness (QED) is 0.715. The molecule has 2 aromatic heterocycles. The van der Waals surface area contributed by atoms with Crippen molar-refractivity contribution in [3.63, 3.8) is 0 Å². The number of rotatable bonds is 3. The van der Waals surface area contributed by atoms with Crippen molar-refractivity contribution >= 4 is 22.8 Å². The Morgan fingerprint density at radius 3 is 2.75 bits per heavy atom. The molecule has 3 heterocycles. The molecule has 5 heteroatoms. The zero-order valence-corrected chi connectivity index (χ0v) is 13.8. The van der Waals surface area contributed by atoms with Gasteiger partial charge in [-0.15, -0.1) is 11.3 Å². The summed E-state index contributed by atoms with van der Waals surface area (Å²) in [6, 6.07) is 15.9. The third-order valence-electron chi connectivity index (χ3n) is 4.13. The summed E-state index contributed by atoms with van der Waals surface area (Å²) < 4.78 is 5.31. The van der Waals surface area contributed by atoms with Crippen LogP contribution in [0.3, 0.4) is 0 Å². The minimum absolute atomic E-state index is 0.0788. The van der Waals surface area contributed by atoms with Crippen molar-refractivity contribution in [1.82, 2.24) is 10.1 Å². The minimum atomic E-state index is -0.0788. The first-order chi connectivity index (χ1) is 11.8. The van der Waals surface area contributed by atoms with Gasteiger partial charge in [-0.2, -0.15) is 0 Å². The fourth-order valence-electron chi connectivity index (χ4n) is 2.84. The van der Waals surface area contributed by atoms with Crippen molar-refractivity contribution in [1.29, 1.82) is 0 Å². The van der Waals surface area contributed by atoms with Crippen molar-refractivity contribution in [3.05, 3.63) is 71.2 Å². The van der Waals surface area contributed by atoms with Crippen LogP contribution in [0.5, 0.6) is 0 Å². The van der Waals surface area contributed by atoms with Gasteiger partial charge in [-0.3, -0.25) is 4.79 Å². The summed E-state index contributed by atoms with van der Waals surface area (Å²) in [6.45, 7) is 1.30. The molecule has 1 amide bonds. The van der Waals surface area contributed by atoms with Crippen LogP contribution < -0.4 is 0 Å². The van der Waals surface area contributed by atoms with E-state index in [9.17, 15) is 4.79 Å². The molecule has 0 fully saturated rings. The van der Waals surface area contributed by atoms with Gasteiger partial charge in [0.05, 0.1) is 4.88 Å². The van der Waals surface area contributed by atoms with Gasteiger partial charge in [0, 0.05) is 19.2 Å². The molecule has 0 unspecified atom stereocenters. The molecule has 0 saturated heterocycles. The molecule has 0 saturated carbocycles. The standard InChI is InChI=1S/C19H16N2O2S/c22-19(16-13-17(23-20-16)18-7-4-12-24-18)21-10-8-15(9-11-21)14-5-2-1-3-6-14/h1-8,12-13H,9-11H2. The average Bonchev–Trinajstić information content (AvgIpc) is 3.33. The number of aromatic nitrogens is 1. The van der Waals surface area contributed by atoms with Crippen LogP contribution in [0.15, 0.2) is 64.5 Å². The van der Waals surface area contributed by atoms with Gasteiger partial charge < -0.3 is 9.42 Å². The predicted molar refractivity (Wildman–Crippen MR) is 94.8 cm³/mol. The van der Waals surface area contributed by atoms with E-state index in [0.29, 0.717) is 24.5 Å². The van der Waals surface area contributed by atoms with Gasteiger partial charge in [0.25, 0.3) is 5.91 Å². The third kappa shape index (κ3) is 2.90. The van der Waals surface area contributed by atoms with Crippen LogP contribution in [0.2, 0.25) is 0 Å². The van der Waals surface area contributed by atoms with E-state index in [-0.39, 0.29) is 5.91 Å². The number of nitrogens with zero attached hydrogens (tertiary/aromatic N) is 2. The molecule has 0 aliphatic carbocycles. The largest absolute Gasteiger partial charge is 0.355 e. The topological polar surface area (TPSA) is 46.3 Å². The first-order valence-electron chi connectivity index (χ1n) is 7.85. The second-order valence-corrected chi connectivity index (χ2v) is 6.60. The first-order valence-corrected chi connectivity index (χ1v) is 8.73. The maximum Gasteiger partial charge on any atom is 0.276 e. The van der Waals surface area contributed by atoms with Crippen molar-refractivity contribution in [3.8, 4) is 10.6 Å². The maximum absolute atomic E-state index is 12.6. The van der Waals surface area contributed by atoms with Gasteiger partial charge in [-0.05, 0) is 29.0 Å². The number of amides is 1. The molecule has 0 N–H and O–H groups in total. The minimum Gasteiger partial charge on any atom is -0.355 e. The highest BCUT2D eigenvalue weighted by Crippen LogP contribution is 2.27. The van der Waals surface area contributed by atoms with Gasteiger partial charge in [-0.25, -0.2) is 0 Å². The monoisotopic (exact) mass is 336 g/mol. The van der Waals surface area contributed by atoms with Crippen molar-refractivity contribution in [2.75, 3.05) is 13.1 Å². The van der Waals surface area contributed by atoms with Crippen LogP contribution >= 0.6 is 11.3 Å².